The fraction of sp³-hybridized carbons (Fsp3) is 0.467. The highest BCUT2D eigenvalue weighted by molar-refractivity contribution is 5.95. The number of carbonyl (C=O) groups excluding carboxylic acids is 2. The standard InChI is InChI=1S/C15H22N2O2/c1-4-8-15(19)17(3)11-14(18)16-13-10-7-6-9-12(13)5-2/h6-7,9-10H,4-5,8,11H2,1-3H3,(H,16,18). The lowest BCUT2D eigenvalue weighted by Gasteiger charge is -2.17. The van der Waals surface area contributed by atoms with Crippen molar-refractivity contribution in [1.29, 1.82) is 0 Å². The smallest absolute Gasteiger partial charge is 0.243 e. The maximum Gasteiger partial charge on any atom is 0.243 e. The molecular formula is C15H22N2O2. The number of benzene rings is 1. The molecule has 0 atom stereocenters. The third-order valence-electron chi connectivity index (χ3n) is 2.94. The molecule has 0 radical (unpaired) electrons. The van der Waals surface area contributed by atoms with Crippen LogP contribution in [0.25, 0.3) is 0 Å². The summed E-state index contributed by atoms with van der Waals surface area (Å²) in [6.45, 7) is 4.09. The molecule has 4 heteroatoms. The zero-order chi connectivity index (χ0) is 14.3. The van der Waals surface area contributed by atoms with Crippen molar-refractivity contribution >= 4 is 17.5 Å². The summed E-state index contributed by atoms with van der Waals surface area (Å²) >= 11 is 0. The van der Waals surface area contributed by atoms with Crippen LogP contribution >= 0.6 is 0 Å². The van der Waals surface area contributed by atoms with Gasteiger partial charge in [-0.25, -0.2) is 0 Å². The summed E-state index contributed by atoms with van der Waals surface area (Å²) in [6, 6.07) is 7.71. The van der Waals surface area contributed by atoms with Gasteiger partial charge in [0.1, 0.15) is 0 Å². The van der Waals surface area contributed by atoms with Crippen LogP contribution in [0, 0.1) is 0 Å². The molecule has 0 heterocycles. The average molecular weight is 262 g/mol. The van der Waals surface area contributed by atoms with Gasteiger partial charge in [0.25, 0.3) is 0 Å². The molecule has 0 aliphatic rings. The zero-order valence-corrected chi connectivity index (χ0v) is 11.9. The van der Waals surface area contributed by atoms with E-state index in [-0.39, 0.29) is 18.4 Å². The second kappa shape index (κ2) is 7.56. The van der Waals surface area contributed by atoms with Crippen LogP contribution in [0.2, 0.25) is 0 Å². The van der Waals surface area contributed by atoms with E-state index in [1.807, 2.05) is 38.1 Å². The van der Waals surface area contributed by atoms with Crippen molar-refractivity contribution in [3.05, 3.63) is 29.8 Å². The lowest BCUT2D eigenvalue weighted by Crippen LogP contribution is -2.34. The number of anilines is 1. The molecule has 0 aliphatic heterocycles. The van der Waals surface area contributed by atoms with Crippen molar-refractivity contribution in [3.8, 4) is 0 Å². The van der Waals surface area contributed by atoms with Crippen molar-refractivity contribution in [2.45, 2.75) is 33.1 Å². The first-order valence-corrected chi connectivity index (χ1v) is 6.70. The van der Waals surface area contributed by atoms with E-state index in [0.29, 0.717) is 6.42 Å². The van der Waals surface area contributed by atoms with Crippen molar-refractivity contribution in [1.82, 2.24) is 4.90 Å². The van der Waals surface area contributed by atoms with E-state index in [1.54, 1.807) is 7.05 Å². The van der Waals surface area contributed by atoms with Gasteiger partial charge in [0.15, 0.2) is 0 Å². The molecule has 0 unspecified atom stereocenters. The molecule has 0 bridgehead atoms. The first-order chi connectivity index (χ1) is 9.08. The maximum atomic E-state index is 11.9. The maximum absolute atomic E-state index is 11.9. The van der Waals surface area contributed by atoms with Gasteiger partial charge in [0.05, 0.1) is 6.54 Å². The molecule has 0 saturated carbocycles. The monoisotopic (exact) mass is 262 g/mol. The minimum Gasteiger partial charge on any atom is -0.336 e. The summed E-state index contributed by atoms with van der Waals surface area (Å²) in [5.74, 6) is -0.158. The van der Waals surface area contributed by atoms with Gasteiger partial charge in [-0.1, -0.05) is 32.0 Å². The molecule has 0 saturated heterocycles. The Hall–Kier alpha value is -1.84. The van der Waals surface area contributed by atoms with Crippen molar-refractivity contribution in [2.75, 3.05) is 18.9 Å². The van der Waals surface area contributed by atoms with E-state index in [4.69, 9.17) is 0 Å². The summed E-state index contributed by atoms with van der Waals surface area (Å²) in [4.78, 5) is 25.0. The molecule has 104 valence electrons. The summed E-state index contributed by atoms with van der Waals surface area (Å²) in [7, 11) is 1.66. The number of carbonyl (C=O) groups is 2. The molecule has 1 aromatic rings. The summed E-state index contributed by atoms with van der Waals surface area (Å²) < 4.78 is 0. The number of rotatable bonds is 6. The number of hydrogen-bond donors (Lipinski definition) is 1. The van der Waals surface area contributed by atoms with Crippen molar-refractivity contribution < 1.29 is 9.59 Å². The minimum absolute atomic E-state index is 0.00132. The van der Waals surface area contributed by atoms with Gasteiger partial charge in [-0.05, 0) is 24.5 Å². The first kappa shape index (κ1) is 15.2. The Morgan fingerprint density at radius 3 is 2.53 bits per heavy atom. The van der Waals surface area contributed by atoms with E-state index >= 15 is 0 Å². The Bertz CT molecular complexity index is 444. The van der Waals surface area contributed by atoms with Gasteiger partial charge in [0, 0.05) is 19.2 Å². The topological polar surface area (TPSA) is 49.4 Å². The summed E-state index contributed by atoms with van der Waals surface area (Å²) in [5, 5.41) is 2.86. The molecule has 1 N–H and O–H groups in total. The van der Waals surface area contributed by atoms with Gasteiger partial charge in [0.2, 0.25) is 11.8 Å². The minimum atomic E-state index is -0.159. The van der Waals surface area contributed by atoms with E-state index in [1.165, 1.54) is 4.90 Å². The lowest BCUT2D eigenvalue weighted by molar-refractivity contribution is -0.133. The van der Waals surface area contributed by atoms with Crippen LogP contribution in [-0.2, 0) is 16.0 Å². The van der Waals surface area contributed by atoms with Gasteiger partial charge < -0.3 is 10.2 Å². The van der Waals surface area contributed by atoms with Crippen LogP contribution in [0.5, 0.6) is 0 Å². The molecule has 19 heavy (non-hydrogen) atoms. The molecule has 2 amide bonds. The summed E-state index contributed by atoms with van der Waals surface area (Å²) in [5.41, 5.74) is 1.92. The van der Waals surface area contributed by atoms with E-state index in [0.717, 1.165) is 24.1 Å². The van der Waals surface area contributed by atoms with Crippen LogP contribution in [0.4, 0.5) is 5.69 Å². The van der Waals surface area contributed by atoms with Crippen molar-refractivity contribution in [3.63, 3.8) is 0 Å². The van der Waals surface area contributed by atoms with E-state index in [9.17, 15) is 9.59 Å². The summed E-state index contributed by atoms with van der Waals surface area (Å²) in [6.07, 6.45) is 2.14. The SMILES string of the molecule is CCCC(=O)N(C)CC(=O)Nc1ccccc1CC. The van der Waals surface area contributed by atoms with Crippen LogP contribution in [-0.4, -0.2) is 30.3 Å². The molecule has 1 aromatic carbocycles. The van der Waals surface area contributed by atoms with Gasteiger partial charge in [-0.15, -0.1) is 0 Å². The third kappa shape index (κ3) is 4.73. The Morgan fingerprint density at radius 2 is 1.89 bits per heavy atom. The van der Waals surface area contributed by atoms with Gasteiger partial charge in [-0.2, -0.15) is 0 Å². The van der Waals surface area contributed by atoms with Gasteiger partial charge >= 0.3 is 0 Å². The number of nitrogens with one attached hydrogen (secondary N) is 1. The van der Waals surface area contributed by atoms with Crippen LogP contribution in [0.1, 0.15) is 32.3 Å². The highest BCUT2D eigenvalue weighted by Gasteiger charge is 2.12. The Morgan fingerprint density at radius 1 is 1.21 bits per heavy atom. The van der Waals surface area contributed by atoms with Crippen LogP contribution in [0.15, 0.2) is 24.3 Å². The van der Waals surface area contributed by atoms with Crippen LogP contribution < -0.4 is 5.32 Å². The van der Waals surface area contributed by atoms with E-state index < -0.39 is 0 Å². The highest BCUT2D eigenvalue weighted by atomic mass is 16.2. The number of amides is 2. The molecular weight excluding hydrogens is 240 g/mol. The number of likely N-dealkylation sites (N-methyl/N-ethyl adjacent to an activating group) is 1. The van der Waals surface area contributed by atoms with E-state index in [2.05, 4.69) is 5.32 Å². The van der Waals surface area contributed by atoms with Crippen LogP contribution in [0.3, 0.4) is 0 Å². The predicted molar refractivity (Wildman–Crippen MR) is 77.0 cm³/mol. The zero-order valence-electron chi connectivity index (χ0n) is 11.9. The average Bonchev–Trinajstić information content (AvgIpc) is 2.39. The second-order valence-electron chi connectivity index (χ2n) is 4.56. The Kier molecular flexibility index (Phi) is 6.06. The number of para-hydroxylation sites is 1. The van der Waals surface area contributed by atoms with Crippen molar-refractivity contribution in [2.24, 2.45) is 0 Å². The largest absolute Gasteiger partial charge is 0.336 e. The Labute approximate surface area is 114 Å². The highest BCUT2D eigenvalue weighted by Crippen LogP contribution is 2.15. The molecule has 0 aliphatic carbocycles. The predicted octanol–water partition coefficient (Wildman–Crippen LogP) is 2.45. The first-order valence-electron chi connectivity index (χ1n) is 6.70. The molecule has 4 nitrogen and oxygen atoms in total. The molecule has 1 rings (SSSR count). The number of aryl methyl sites for hydroxylation is 1. The lowest BCUT2D eigenvalue weighted by atomic mass is 10.1. The quantitative estimate of drug-likeness (QED) is 0.856. The fourth-order valence-electron chi connectivity index (χ4n) is 1.85. The molecule has 0 fully saturated rings. The van der Waals surface area contributed by atoms with Gasteiger partial charge in [-0.3, -0.25) is 9.59 Å². The normalized spacial score (nSPS) is 10.1. The second-order valence-corrected chi connectivity index (χ2v) is 4.56. The molecule has 0 spiro atoms. The number of hydrogen-bond acceptors (Lipinski definition) is 2. The third-order valence-corrected chi connectivity index (χ3v) is 2.94. The molecule has 0 aromatic heterocycles. The number of nitrogens with zero attached hydrogens (tertiary/aromatic N) is 1. The Balaban J connectivity index is 2.58. The fourth-order valence-corrected chi connectivity index (χ4v) is 1.85.